The van der Waals surface area contributed by atoms with Gasteiger partial charge in [0.1, 0.15) is 17.3 Å². The summed E-state index contributed by atoms with van der Waals surface area (Å²) in [6.45, 7) is 3.30. The summed E-state index contributed by atoms with van der Waals surface area (Å²) in [4.78, 5) is 32.6. The zero-order valence-corrected chi connectivity index (χ0v) is 15.9. The van der Waals surface area contributed by atoms with E-state index < -0.39 is 0 Å². The number of benzene rings is 1. The van der Waals surface area contributed by atoms with Crippen LogP contribution >= 0.6 is 0 Å². The summed E-state index contributed by atoms with van der Waals surface area (Å²) in [5.41, 5.74) is 1.56. The topological polar surface area (TPSA) is 84.0 Å². The Bertz CT molecular complexity index is 809. The van der Waals surface area contributed by atoms with Crippen LogP contribution in [0.4, 0.5) is 11.5 Å². The Hall–Kier alpha value is -2.76. The molecule has 0 spiro atoms. The highest BCUT2D eigenvalue weighted by Crippen LogP contribution is 2.21. The molecule has 1 aliphatic carbocycles. The molecule has 0 bridgehead atoms. The lowest BCUT2D eigenvalue weighted by molar-refractivity contribution is 0.101. The van der Waals surface area contributed by atoms with Gasteiger partial charge in [-0.1, -0.05) is 25.7 Å². The van der Waals surface area contributed by atoms with Gasteiger partial charge >= 0.3 is 0 Å². The van der Waals surface area contributed by atoms with Crippen molar-refractivity contribution in [3.63, 3.8) is 0 Å². The lowest BCUT2D eigenvalue weighted by Crippen LogP contribution is -2.21. The summed E-state index contributed by atoms with van der Waals surface area (Å²) in [6, 6.07) is 8.93. The van der Waals surface area contributed by atoms with Crippen LogP contribution in [-0.2, 0) is 0 Å². The molecule has 27 heavy (non-hydrogen) atoms. The molecule has 0 saturated heterocycles. The zero-order valence-electron chi connectivity index (χ0n) is 15.9. The van der Waals surface area contributed by atoms with Crippen molar-refractivity contribution in [1.82, 2.24) is 9.97 Å². The minimum atomic E-state index is -0.292. The van der Waals surface area contributed by atoms with Crippen molar-refractivity contribution in [3.8, 4) is 0 Å². The van der Waals surface area contributed by atoms with E-state index in [4.69, 9.17) is 0 Å². The average molecular weight is 366 g/mol. The number of nitrogens with zero attached hydrogens (tertiary/aromatic N) is 2. The summed E-state index contributed by atoms with van der Waals surface area (Å²) in [5, 5.41) is 6.30. The third-order valence-corrected chi connectivity index (χ3v) is 4.83. The number of hydrogen-bond donors (Lipinski definition) is 2. The number of carbonyl (C=O) groups is 2. The van der Waals surface area contributed by atoms with Gasteiger partial charge in [0.25, 0.3) is 5.91 Å². The van der Waals surface area contributed by atoms with Crippen molar-refractivity contribution in [2.45, 2.75) is 58.4 Å². The van der Waals surface area contributed by atoms with Crippen molar-refractivity contribution in [2.24, 2.45) is 0 Å². The van der Waals surface area contributed by atoms with Gasteiger partial charge in [0.15, 0.2) is 5.78 Å². The molecule has 3 rings (SSSR count). The molecule has 142 valence electrons. The third kappa shape index (κ3) is 5.36. The quantitative estimate of drug-likeness (QED) is 0.606. The minimum Gasteiger partial charge on any atom is -0.367 e. The predicted molar refractivity (Wildman–Crippen MR) is 106 cm³/mol. The Morgan fingerprint density at radius 1 is 1.00 bits per heavy atom. The summed E-state index contributed by atoms with van der Waals surface area (Å²) in [6.07, 6.45) is 7.30. The molecule has 0 unspecified atom stereocenters. The van der Waals surface area contributed by atoms with Gasteiger partial charge in [0, 0.05) is 23.4 Å². The van der Waals surface area contributed by atoms with Crippen LogP contribution in [0.15, 0.2) is 30.3 Å². The first kappa shape index (κ1) is 19.0. The van der Waals surface area contributed by atoms with Crippen molar-refractivity contribution in [3.05, 3.63) is 47.4 Å². The highest BCUT2D eigenvalue weighted by molar-refractivity contribution is 6.03. The van der Waals surface area contributed by atoms with Gasteiger partial charge in [-0.05, 0) is 51.0 Å². The minimum absolute atomic E-state index is 0.00599. The number of ketones is 1. The highest BCUT2D eigenvalue weighted by Gasteiger charge is 2.15. The van der Waals surface area contributed by atoms with Gasteiger partial charge in [-0.2, -0.15) is 0 Å². The van der Waals surface area contributed by atoms with E-state index in [-0.39, 0.29) is 11.7 Å². The maximum atomic E-state index is 12.6. The molecule has 1 saturated carbocycles. The Morgan fingerprint density at radius 3 is 2.30 bits per heavy atom. The Labute approximate surface area is 159 Å². The molecule has 1 aliphatic rings. The largest absolute Gasteiger partial charge is 0.367 e. The number of aromatic nitrogens is 2. The van der Waals surface area contributed by atoms with Crippen molar-refractivity contribution in [2.75, 3.05) is 10.6 Å². The maximum Gasteiger partial charge on any atom is 0.274 e. The van der Waals surface area contributed by atoms with Gasteiger partial charge in [-0.3, -0.25) is 9.59 Å². The van der Waals surface area contributed by atoms with Crippen LogP contribution < -0.4 is 10.6 Å². The molecule has 1 fully saturated rings. The fourth-order valence-electron chi connectivity index (χ4n) is 3.37. The highest BCUT2D eigenvalue weighted by atomic mass is 16.2. The summed E-state index contributed by atoms with van der Waals surface area (Å²) in [5.74, 6) is 0.964. The molecule has 1 amide bonds. The second-order valence-corrected chi connectivity index (χ2v) is 7.11. The van der Waals surface area contributed by atoms with E-state index in [1.54, 1.807) is 37.3 Å². The molecule has 6 nitrogen and oxygen atoms in total. The number of aryl methyl sites for hydroxylation is 1. The summed E-state index contributed by atoms with van der Waals surface area (Å²) < 4.78 is 0. The van der Waals surface area contributed by atoms with Crippen LogP contribution in [0.3, 0.4) is 0 Å². The zero-order chi connectivity index (χ0) is 19.2. The van der Waals surface area contributed by atoms with Crippen molar-refractivity contribution >= 4 is 23.2 Å². The number of anilines is 2. The van der Waals surface area contributed by atoms with E-state index in [2.05, 4.69) is 20.6 Å². The second kappa shape index (κ2) is 8.75. The van der Waals surface area contributed by atoms with Crippen molar-refractivity contribution in [1.29, 1.82) is 0 Å². The molecular weight excluding hydrogens is 340 g/mol. The van der Waals surface area contributed by atoms with Gasteiger partial charge in [0.05, 0.1) is 0 Å². The first-order valence-corrected chi connectivity index (χ1v) is 9.56. The first-order chi connectivity index (χ1) is 13.0. The number of carbonyl (C=O) groups excluding carboxylic acids is 2. The Kier molecular flexibility index (Phi) is 6.16. The van der Waals surface area contributed by atoms with E-state index in [9.17, 15) is 9.59 Å². The first-order valence-electron chi connectivity index (χ1n) is 9.56. The van der Waals surface area contributed by atoms with Crippen LogP contribution in [-0.4, -0.2) is 27.7 Å². The van der Waals surface area contributed by atoms with Gasteiger partial charge in [0.2, 0.25) is 0 Å². The summed E-state index contributed by atoms with van der Waals surface area (Å²) >= 11 is 0. The molecule has 2 N–H and O–H groups in total. The number of amides is 1. The van der Waals surface area contributed by atoms with Crippen LogP contribution in [0.5, 0.6) is 0 Å². The molecule has 2 aromatic rings. The third-order valence-electron chi connectivity index (χ3n) is 4.83. The van der Waals surface area contributed by atoms with E-state index in [1.165, 1.54) is 32.6 Å². The molecule has 0 aliphatic heterocycles. The van der Waals surface area contributed by atoms with Crippen LogP contribution in [0.25, 0.3) is 0 Å². The van der Waals surface area contributed by atoms with E-state index in [0.717, 1.165) is 12.8 Å². The lowest BCUT2D eigenvalue weighted by Gasteiger charge is -2.17. The molecule has 1 heterocycles. The summed E-state index contributed by atoms with van der Waals surface area (Å²) in [7, 11) is 0. The van der Waals surface area contributed by atoms with Crippen molar-refractivity contribution < 1.29 is 9.59 Å². The molecule has 1 aromatic heterocycles. The van der Waals surface area contributed by atoms with E-state index >= 15 is 0 Å². The Balaban J connectivity index is 1.70. The number of Topliss-reactive ketones (excluding diaryl/α,β-unsaturated/α-hetero) is 1. The monoisotopic (exact) mass is 366 g/mol. The maximum absolute atomic E-state index is 12.6. The van der Waals surface area contributed by atoms with Crippen LogP contribution in [0, 0.1) is 6.92 Å². The second-order valence-electron chi connectivity index (χ2n) is 7.11. The molecule has 6 heteroatoms. The lowest BCUT2D eigenvalue weighted by atomic mass is 10.1. The fraction of sp³-hybridized carbons (Fsp3) is 0.429. The smallest absolute Gasteiger partial charge is 0.274 e. The number of rotatable bonds is 5. The van der Waals surface area contributed by atoms with E-state index in [1.807, 2.05) is 0 Å². The van der Waals surface area contributed by atoms with Gasteiger partial charge in [-0.15, -0.1) is 0 Å². The number of nitrogens with one attached hydrogen (secondary N) is 2. The van der Waals surface area contributed by atoms with E-state index in [0.29, 0.717) is 34.6 Å². The molecule has 1 aromatic carbocycles. The molecule has 0 radical (unpaired) electrons. The predicted octanol–water partition coefficient (Wildman–Crippen LogP) is 4.37. The molecule has 0 atom stereocenters. The molecular formula is C21H26N4O2. The fourth-order valence-corrected chi connectivity index (χ4v) is 3.37. The normalized spacial score (nSPS) is 15.0. The van der Waals surface area contributed by atoms with Crippen LogP contribution in [0.1, 0.15) is 72.1 Å². The number of hydrogen-bond acceptors (Lipinski definition) is 5. The van der Waals surface area contributed by atoms with Crippen LogP contribution in [0.2, 0.25) is 0 Å². The standard InChI is InChI=1S/C21H26N4O2/c1-14(26)16-9-11-18(12-10-16)25-21(27)19-13-20(23-15(2)22-19)24-17-7-5-3-4-6-8-17/h9-13,17H,3-8H2,1-2H3,(H,25,27)(H,22,23,24). The van der Waals surface area contributed by atoms with Gasteiger partial charge < -0.3 is 10.6 Å². The average Bonchev–Trinajstić information content (AvgIpc) is 2.90. The SMILES string of the molecule is CC(=O)c1ccc(NC(=O)c2cc(NC3CCCCCC3)nc(C)n2)cc1. The van der Waals surface area contributed by atoms with Gasteiger partial charge in [-0.25, -0.2) is 9.97 Å². The Morgan fingerprint density at radius 2 is 1.67 bits per heavy atom.